The van der Waals surface area contributed by atoms with E-state index < -0.39 is 0 Å². The van der Waals surface area contributed by atoms with Crippen molar-refractivity contribution in [2.24, 2.45) is 0 Å². The molecule has 1 aliphatic carbocycles. The summed E-state index contributed by atoms with van der Waals surface area (Å²) in [7, 11) is 1.61. The predicted octanol–water partition coefficient (Wildman–Crippen LogP) is 1.84. The summed E-state index contributed by atoms with van der Waals surface area (Å²) in [6.07, 6.45) is 6.50. The molecule has 0 saturated heterocycles. The van der Waals surface area contributed by atoms with Gasteiger partial charge in [0.15, 0.2) is 0 Å². The van der Waals surface area contributed by atoms with Crippen molar-refractivity contribution in [3.8, 4) is 0 Å². The van der Waals surface area contributed by atoms with E-state index in [1.165, 1.54) is 32.1 Å². The van der Waals surface area contributed by atoms with Crippen molar-refractivity contribution in [3.63, 3.8) is 0 Å². The van der Waals surface area contributed by atoms with Crippen LogP contribution in [0.15, 0.2) is 0 Å². The Morgan fingerprint density at radius 3 is 2.55 bits per heavy atom. The fourth-order valence-electron chi connectivity index (χ4n) is 1.47. The molecular formula is C8H15NOS. The summed E-state index contributed by atoms with van der Waals surface area (Å²) in [6, 6.07) is 0.566. The van der Waals surface area contributed by atoms with E-state index in [4.69, 9.17) is 17.0 Å². The molecule has 0 amide bonds. The molecule has 0 radical (unpaired) electrons. The average molecular weight is 173 g/mol. The Morgan fingerprint density at radius 1 is 1.36 bits per heavy atom. The zero-order valence-corrected chi connectivity index (χ0v) is 7.75. The number of ether oxygens (including phenoxy) is 1. The Morgan fingerprint density at radius 2 is 2.00 bits per heavy atom. The molecular weight excluding hydrogens is 158 g/mol. The summed E-state index contributed by atoms with van der Waals surface area (Å²) in [6.45, 7) is 0. The van der Waals surface area contributed by atoms with Gasteiger partial charge in [-0.25, -0.2) is 0 Å². The molecule has 0 bridgehead atoms. The fraction of sp³-hybridized carbons (Fsp3) is 0.875. The molecule has 1 aliphatic rings. The van der Waals surface area contributed by atoms with Crippen molar-refractivity contribution in [2.75, 3.05) is 7.11 Å². The quantitative estimate of drug-likeness (QED) is 0.611. The van der Waals surface area contributed by atoms with E-state index in [9.17, 15) is 0 Å². The van der Waals surface area contributed by atoms with Crippen LogP contribution in [0.3, 0.4) is 0 Å². The van der Waals surface area contributed by atoms with Crippen LogP contribution >= 0.6 is 12.2 Å². The van der Waals surface area contributed by atoms with Crippen LogP contribution in [0.5, 0.6) is 0 Å². The summed E-state index contributed by atoms with van der Waals surface area (Å²) >= 11 is 4.90. The normalized spacial score (nSPS) is 19.4. The average Bonchev–Trinajstić information content (AvgIpc) is 2.06. The minimum Gasteiger partial charge on any atom is -0.474 e. The van der Waals surface area contributed by atoms with E-state index in [1.807, 2.05) is 0 Å². The first-order chi connectivity index (χ1) is 5.33. The van der Waals surface area contributed by atoms with Gasteiger partial charge in [-0.05, 0) is 25.1 Å². The lowest BCUT2D eigenvalue weighted by Gasteiger charge is -2.22. The lowest BCUT2D eigenvalue weighted by Crippen LogP contribution is -2.35. The van der Waals surface area contributed by atoms with Crippen molar-refractivity contribution in [1.29, 1.82) is 0 Å². The first-order valence-corrected chi connectivity index (χ1v) is 4.58. The van der Waals surface area contributed by atoms with Crippen LogP contribution in [0, 0.1) is 0 Å². The van der Waals surface area contributed by atoms with Gasteiger partial charge < -0.3 is 10.1 Å². The zero-order chi connectivity index (χ0) is 8.10. The topological polar surface area (TPSA) is 21.3 Å². The van der Waals surface area contributed by atoms with Crippen LogP contribution in [-0.4, -0.2) is 18.3 Å². The Hall–Kier alpha value is -0.310. The van der Waals surface area contributed by atoms with Crippen LogP contribution in [0.4, 0.5) is 0 Å². The number of methoxy groups -OCH3 is 1. The van der Waals surface area contributed by atoms with Gasteiger partial charge >= 0.3 is 0 Å². The minimum atomic E-state index is 0.539. The Labute approximate surface area is 73.3 Å². The lowest BCUT2D eigenvalue weighted by atomic mass is 9.96. The molecule has 1 N–H and O–H groups in total. The molecule has 1 saturated carbocycles. The number of thiocarbonyl (C=S) groups is 1. The van der Waals surface area contributed by atoms with Crippen LogP contribution in [0.1, 0.15) is 32.1 Å². The molecule has 0 spiro atoms. The van der Waals surface area contributed by atoms with E-state index in [-0.39, 0.29) is 0 Å². The van der Waals surface area contributed by atoms with Crippen molar-refractivity contribution in [3.05, 3.63) is 0 Å². The standard InChI is InChI=1S/C8H15NOS/c1-10-8(11)9-7-5-3-2-4-6-7/h7H,2-6H2,1H3,(H,9,11). The van der Waals surface area contributed by atoms with Gasteiger partial charge in [0.2, 0.25) is 0 Å². The molecule has 1 rings (SSSR count). The van der Waals surface area contributed by atoms with Crippen molar-refractivity contribution >= 4 is 17.4 Å². The lowest BCUT2D eigenvalue weighted by molar-refractivity contribution is 0.351. The molecule has 0 heterocycles. The van der Waals surface area contributed by atoms with Crippen LogP contribution < -0.4 is 5.32 Å². The van der Waals surface area contributed by atoms with Gasteiger partial charge in [-0.2, -0.15) is 0 Å². The first kappa shape index (κ1) is 8.78. The van der Waals surface area contributed by atoms with E-state index >= 15 is 0 Å². The predicted molar refractivity (Wildman–Crippen MR) is 49.6 cm³/mol. The largest absolute Gasteiger partial charge is 0.474 e. The highest BCUT2D eigenvalue weighted by Gasteiger charge is 2.13. The highest BCUT2D eigenvalue weighted by atomic mass is 32.1. The molecule has 0 aromatic rings. The van der Waals surface area contributed by atoms with Crippen molar-refractivity contribution < 1.29 is 4.74 Å². The molecule has 0 aromatic heterocycles. The molecule has 0 unspecified atom stereocenters. The second-order valence-electron chi connectivity index (χ2n) is 2.97. The van der Waals surface area contributed by atoms with Crippen molar-refractivity contribution in [1.82, 2.24) is 5.32 Å². The minimum absolute atomic E-state index is 0.539. The number of hydrogen-bond donors (Lipinski definition) is 1. The second kappa shape index (κ2) is 4.54. The van der Waals surface area contributed by atoms with Gasteiger partial charge in [-0.1, -0.05) is 19.3 Å². The number of hydrogen-bond acceptors (Lipinski definition) is 2. The fourth-order valence-corrected chi connectivity index (χ4v) is 1.64. The third-order valence-corrected chi connectivity index (χ3v) is 2.40. The van der Waals surface area contributed by atoms with Gasteiger partial charge in [0.25, 0.3) is 5.17 Å². The third kappa shape index (κ3) is 3.06. The Bertz CT molecular complexity index is 132. The summed E-state index contributed by atoms with van der Waals surface area (Å²) in [4.78, 5) is 0. The summed E-state index contributed by atoms with van der Waals surface area (Å²) in [5, 5.41) is 3.72. The molecule has 0 atom stereocenters. The second-order valence-corrected chi connectivity index (χ2v) is 3.34. The van der Waals surface area contributed by atoms with E-state index in [0.29, 0.717) is 11.2 Å². The highest BCUT2D eigenvalue weighted by Crippen LogP contribution is 2.17. The Kier molecular flexibility index (Phi) is 3.63. The molecule has 2 nitrogen and oxygen atoms in total. The van der Waals surface area contributed by atoms with Gasteiger partial charge in [0.05, 0.1) is 7.11 Å². The maximum Gasteiger partial charge on any atom is 0.256 e. The molecule has 0 aromatic carbocycles. The molecule has 64 valence electrons. The van der Waals surface area contributed by atoms with E-state index in [1.54, 1.807) is 7.11 Å². The van der Waals surface area contributed by atoms with Gasteiger partial charge in [0, 0.05) is 6.04 Å². The SMILES string of the molecule is COC(=S)NC1CCCCC1. The van der Waals surface area contributed by atoms with E-state index in [2.05, 4.69) is 5.32 Å². The van der Waals surface area contributed by atoms with Crippen LogP contribution in [-0.2, 0) is 4.74 Å². The monoisotopic (exact) mass is 173 g/mol. The van der Waals surface area contributed by atoms with Crippen LogP contribution in [0.2, 0.25) is 0 Å². The number of rotatable bonds is 1. The molecule has 1 fully saturated rings. The molecule has 11 heavy (non-hydrogen) atoms. The molecule has 0 aliphatic heterocycles. The van der Waals surface area contributed by atoms with Gasteiger partial charge in [-0.15, -0.1) is 0 Å². The van der Waals surface area contributed by atoms with Gasteiger partial charge in [0.1, 0.15) is 0 Å². The Balaban J connectivity index is 2.19. The maximum atomic E-state index is 4.90. The van der Waals surface area contributed by atoms with E-state index in [0.717, 1.165) is 0 Å². The third-order valence-electron chi connectivity index (χ3n) is 2.11. The van der Waals surface area contributed by atoms with Gasteiger partial charge in [-0.3, -0.25) is 0 Å². The first-order valence-electron chi connectivity index (χ1n) is 4.17. The summed E-state index contributed by atoms with van der Waals surface area (Å²) in [5.41, 5.74) is 0. The maximum absolute atomic E-state index is 4.90. The summed E-state index contributed by atoms with van der Waals surface area (Å²) in [5.74, 6) is 0. The van der Waals surface area contributed by atoms with Crippen LogP contribution in [0.25, 0.3) is 0 Å². The molecule has 3 heteroatoms. The van der Waals surface area contributed by atoms with Crippen molar-refractivity contribution in [2.45, 2.75) is 38.1 Å². The summed E-state index contributed by atoms with van der Waals surface area (Å²) < 4.78 is 4.87. The smallest absolute Gasteiger partial charge is 0.256 e. The highest BCUT2D eigenvalue weighted by molar-refractivity contribution is 7.80. The number of nitrogens with one attached hydrogen (secondary N) is 1. The zero-order valence-electron chi connectivity index (χ0n) is 6.93.